The normalized spacial score (nSPS) is 6.67. The largest absolute Gasteiger partial charge is 1.00 e. The van der Waals surface area contributed by atoms with Crippen LogP contribution in [0.1, 0.15) is 2.85 Å². The monoisotopic (exact) mass is 260 g/mol. The van der Waals surface area contributed by atoms with E-state index in [4.69, 9.17) is 10.2 Å². The molecule has 60 valence electrons. The molecule has 0 heterocycles. The maximum Gasteiger partial charge on any atom is 1.00 e. The van der Waals surface area contributed by atoms with Gasteiger partial charge in [-0.2, -0.15) is 0 Å². The van der Waals surface area contributed by atoms with Crippen molar-refractivity contribution in [3.8, 4) is 0 Å². The molecule has 7 nitrogen and oxygen atoms in total. The summed E-state index contributed by atoms with van der Waals surface area (Å²) in [6, 6.07) is 0. The summed E-state index contributed by atoms with van der Waals surface area (Å²) in [7, 11) is 0. The van der Waals surface area contributed by atoms with Gasteiger partial charge in [-0.3, -0.25) is 0 Å². The van der Waals surface area contributed by atoms with Crippen LogP contribution in [0.25, 0.3) is 0 Å². The first-order valence-electron chi connectivity index (χ1n) is 1.88. The number of carbonyl (C=O) groups excluding carboxylic acids is 1. The molecule has 0 saturated heterocycles. The molecule has 0 rings (SSSR count). The molecule has 0 aliphatic rings. The van der Waals surface area contributed by atoms with E-state index in [2.05, 4.69) is 9.47 Å². The maximum absolute atomic E-state index is 9.86. The van der Waals surface area contributed by atoms with E-state index in [-0.39, 0.29) is 90.6 Å². The smallest absolute Gasteiger partial charge is 1.00 e. The third kappa shape index (κ3) is 13.6. The first-order chi connectivity index (χ1) is 4.52. The molecule has 0 atom stereocenters. The number of carbonyl (C=O) groups is 3. The summed E-state index contributed by atoms with van der Waals surface area (Å²) in [5, 5.41) is 15.4. The van der Waals surface area contributed by atoms with Crippen molar-refractivity contribution in [3.63, 3.8) is 0 Å². The van der Waals surface area contributed by atoms with Crippen molar-refractivity contribution < 1.29 is 125 Å². The molecular formula is C3H4NaO7Rb. The summed E-state index contributed by atoms with van der Waals surface area (Å²) in [6.45, 7) is 0. The fourth-order valence-corrected chi connectivity index (χ4v) is 0.163. The Morgan fingerprint density at radius 1 is 1.00 bits per heavy atom. The van der Waals surface area contributed by atoms with Crippen LogP contribution in [0.4, 0.5) is 14.4 Å². The molecule has 0 bridgehead atoms. The van der Waals surface area contributed by atoms with E-state index in [1.807, 2.05) is 0 Å². The number of rotatable bonds is 0. The minimum atomic E-state index is -1.92. The Labute approximate surface area is 140 Å². The summed E-state index contributed by atoms with van der Waals surface area (Å²) in [5.74, 6) is 0. The van der Waals surface area contributed by atoms with E-state index in [0.29, 0.717) is 0 Å². The third-order valence-electron chi connectivity index (χ3n) is 0.341. The molecule has 0 amide bonds. The van der Waals surface area contributed by atoms with E-state index < -0.39 is 18.5 Å². The van der Waals surface area contributed by atoms with Gasteiger partial charge in [0.1, 0.15) is 0 Å². The predicted molar refractivity (Wildman–Crippen MR) is 25.8 cm³/mol. The van der Waals surface area contributed by atoms with E-state index >= 15 is 0 Å². The van der Waals surface area contributed by atoms with Gasteiger partial charge in [0.05, 0.1) is 0 Å². The third-order valence-corrected chi connectivity index (χ3v) is 0.341. The molecule has 9 heteroatoms. The van der Waals surface area contributed by atoms with Crippen molar-refractivity contribution in [1.29, 1.82) is 0 Å². The molecule has 0 fully saturated rings. The number of ether oxygens (including phenoxy) is 2. The Morgan fingerprint density at radius 2 is 1.25 bits per heavy atom. The molecule has 0 aromatic carbocycles. The molecular weight excluding hydrogens is 256 g/mol. The van der Waals surface area contributed by atoms with E-state index in [9.17, 15) is 14.4 Å². The summed E-state index contributed by atoms with van der Waals surface area (Å²) in [5.41, 5.74) is 0. The number of hydrogen-bond acceptors (Lipinski definition) is 5. The van der Waals surface area contributed by atoms with Crippen LogP contribution in [0.2, 0.25) is 0 Å². The van der Waals surface area contributed by atoms with Crippen molar-refractivity contribution in [2.45, 2.75) is 0 Å². The van der Waals surface area contributed by atoms with Gasteiger partial charge in [0.2, 0.25) is 0 Å². The van der Waals surface area contributed by atoms with Crippen molar-refractivity contribution in [2.24, 2.45) is 0 Å². The summed E-state index contributed by atoms with van der Waals surface area (Å²) in [4.78, 5) is 28.8. The van der Waals surface area contributed by atoms with Crippen molar-refractivity contribution in [1.82, 2.24) is 0 Å². The van der Waals surface area contributed by atoms with Crippen LogP contribution in [0.15, 0.2) is 0 Å². The fraction of sp³-hybridized carbons (Fsp3) is 0. The minimum Gasteiger partial charge on any atom is -1.00 e. The molecule has 0 spiro atoms. The average Bonchev–Trinajstić information content (AvgIpc) is 1.58. The first kappa shape index (κ1) is 18.7. The van der Waals surface area contributed by atoms with Crippen molar-refractivity contribution in [3.05, 3.63) is 0 Å². The van der Waals surface area contributed by atoms with Crippen LogP contribution in [0, 0.1) is 0 Å². The Kier molecular flexibility index (Phi) is 15.8. The number of carboxylic acid groups (broad SMARTS) is 2. The van der Waals surface area contributed by atoms with Gasteiger partial charge >= 0.3 is 106 Å². The average molecular weight is 261 g/mol. The van der Waals surface area contributed by atoms with Crippen LogP contribution >= 0.6 is 0 Å². The van der Waals surface area contributed by atoms with Gasteiger partial charge in [-0.05, 0) is 0 Å². The van der Waals surface area contributed by atoms with Gasteiger partial charge in [0.15, 0.2) is 0 Å². The Morgan fingerprint density at radius 3 is 1.42 bits per heavy atom. The van der Waals surface area contributed by atoms with Crippen LogP contribution in [0.5, 0.6) is 0 Å². The van der Waals surface area contributed by atoms with Crippen molar-refractivity contribution >= 4 is 18.5 Å². The minimum absolute atomic E-state index is 0. The standard InChI is InChI=1S/C3H2O7.Na.Rb.2H/c4-1(5)9-3(8)10-2(6)7;;;;/h(H,4,5)(H,6,7);;;;/q;2*+1;2*-1. The van der Waals surface area contributed by atoms with E-state index in [0.717, 1.165) is 0 Å². The van der Waals surface area contributed by atoms with Gasteiger partial charge in [0.25, 0.3) is 0 Å². The topological polar surface area (TPSA) is 110 Å². The van der Waals surface area contributed by atoms with Crippen LogP contribution < -0.4 is 87.7 Å². The Hall–Kier alpha value is 1.02. The molecule has 0 aromatic heterocycles. The van der Waals surface area contributed by atoms with Crippen molar-refractivity contribution in [2.75, 3.05) is 0 Å². The molecule has 0 radical (unpaired) electrons. The van der Waals surface area contributed by atoms with Crippen LogP contribution in [-0.2, 0) is 9.47 Å². The summed E-state index contributed by atoms with van der Waals surface area (Å²) in [6.07, 6.45) is -5.64. The molecule has 0 aromatic rings. The van der Waals surface area contributed by atoms with Gasteiger partial charge < -0.3 is 22.5 Å². The van der Waals surface area contributed by atoms with E-state index in [1.54, 1.807) is 0 Å². The maximum atomic E-state index is 9.86. The van der Waals surface area contributed by atoms with Gasteiger partial charge in [0, 0.05) is 0 Å². The zero-order chi connectivity index (χ0) is 8.15. The number of hydrogen-bond donors (Lipinski definition) is 2. The van der Waals surface area contributed by atoms with Gasteiger partial charge in [-0.15, -0.1) is 0 Å². The molecule has 12 heavy (non-hydrogen) atoms. The molecule has 0 saturated carbocycles. The molecule has 2 N–H and O–H groups in total. The molecule has 0 aliphatic carbocycles. The quantitative estimate of drug-likeness (QED) is 0.254. The Bertz CT molecular complexity index is 170. The van der Waals surface area contributed by atoms with Gasteiger partial charge in [-0.1, -0.05) is 0 Å². The predicted octanol–water partition coefficient (Wildman–Crippen LogP) is -5.27. The van der Waals surface area contributed by atoms with Crippen LogP contribution in [-0.4, -0.2) is 28.7 Å². The molecule has 0 unspecified atom stereocenters. The summed E-state index contributed by atoms with van der Waals surface area (Å²) < 4.78 is 6.47. The van der Waals surface area contributed by atoms with Gasteiger partial charge in [-0.25, -0.2) is 14.4 Å². The zero-order valence-corrected chi connectivity index (χ0v) is 13.4. The SMILES string of the molecule is O=C(O)OC(=O)OC(=O)O.[H-].[H-].[Na+].[Rb+]. The second-order valence-corrected chi connectivity index (χ2v) is 0.986. The second-order valence-electron chi connectivity index (χ2n) is 0.986. The molecule has 0 aliphatic heterocycles. The fourth-order valence-electron chi connectivity index (χ4n) is 0.163. The van der Waals surface area contributed by atoms with Crippen LogP contribution in [0.3, 0.4) is 0 Å². The second kappa shape index (κ2) is 10.1. The Balaban J connectivity index is -0.0000000675. The zero-order valence-electron chi connectivity index (χ0n) is 8.44. The van der Waals surface area contributed by atoms with E-state index in [1.165, 1.54) is 0 Å². The summed E-state index contributed by atoms with van der Waals surface area (Å²) >= 11 is 0. The first-order valence-corrected chi connectivity index (χ1v) is 1.88.